The summed E-state index contributed by atoms with van der Waals surface area (Å²) in [6.07, 6.45) is 3.30. The number of aromatic nitrogens is 2. The third kappa shape index (κ3) is 5.14. The number of nitro benzene ring substituents is 1. The van der Waals surface area contributed by atoms with E-state index >= 15 is 0 Å². The van der Waals surface area contributed by atoms with Gasteiger partial charge in [-0.3, -0.25) is 14.9 Å². The van der Waals surface area contributed by atoms with Crippen molar-refractivity contribution in [2.45, 2.75) is 6.54 Å². The van der Waals surface area contributed by atoms with E-state index in [9.17, 15) is 14.9 Å². The third-order valence-corrected chi connectivity index (χ3v) is 4.18. The molecule has 0 saturated carbocycles. The fourth-order valence-electron chi connectivity index (χ4n) is 2.67. The molecule has 2 aromatic carbocycles. The average molecular weight is 460 g/mol. The molecule has 0 aliphatic carbocycles. The lowest BCUT2D eigenvalue weighted by molar-refractivity contribution is -0.686. The number of nitro groups is 1. The summed E-state index contributed by atoms with van der Waals surface area (Å²) in [6, 6.07) is 12.8. The highest BCUT2D eigenvalue weighted by molar-refractivity contribution is 5.95. The highest BCUT2D eigenvalue weighted by Gasteiger charge is 2.16. The van der Waals surface area contributed by atoms with Crippen molar-refractivity contribution in [1.82, 2.24) is 4.98 Å². The highest BCUT2D eigenvalue weighted by atomic mass is 79.9. The number of benzene rings is 2. The SMILES string of the molecule is COc1ccc(-c2cc[n+](CC(=O)c3ccc([N+](=O)[O-])cc3)cn2)c(OC)c1.[Br-]. The minimum Gasteiger partial charge on any atom is -1.00 e. The molecular formula is C20H18BrN3O5. The predicted molar refractivity (Wildman–Crippen MR) is 100 cm³/mol. The number of carbonyl (C=O) groups excluding carboxylic acids is 1. The second-order valence-electron chi connectivity index (χ2n) is 5.91. The molecule has 150 valence electrons. The zero-order chi connectivity index (χ0) is 20.1. The standard InChI is InChI=1S/C20H18N3O5.BrH/c1-27-16-7-8-17(20(11-16)28-2)18-9-10-22(13-21-18)12-19(24)14-3-5-15(6-4-14)23(25)26;/h3-11,13H,12H2,1-2H3;1H/q+1;/p-1. The Kier molecular flexibility index (Phi) is 7.38. The number of non-ortho nitro benzene ring substituents is 1. The van der Waals surface area contributed by atoms with E-state index in [1.807, 2.05) is 12.1 Å². The van der Waals surface area contributed by atoms with E-state index in [-0.39, 0.29) is 35.0 Å². The number of hydrogen-bond acceptors (Lipinski definition) is 6. The van der Waals surface area contributed by atoms with Gasteiger partial charge in [0, 0.05) is 29.8 Å². The second kappa shape index (κ2) is 9.74. The molecule has 0 aliphatic heterocycles. The molecule has 0 N–H and O–H groups in total. The Morgan fingerprint density at radius 2 is 1.83 bits per heavy atom. The van der Waals surface area contributed by atoms with Crippen LogP contribution in [0.3, 0.4) is 0 Å². The van der Waals surface area contributed by atoms with Crippen LogP contribution in [-0.2, 0) is 6.54 Å². The molecule has 0 fully saturated rings. The highest BCUT2D eigenvalue weighted by Crippen LogP contribution is 2.31. The summed E-state index contributed by atoms with van der Waals surface area (Å²) in [6.45, 7) is 0.0742. The van der Waals surface area contributed by atoms with Crippen LogP contribution in [0.4, 0.5) is 5.69 Å². The Bertz CT molecular complexity index is 1010. The van der Waals surface area contributed by atoms with Crippen LogP contribution in [-0.4, -0.2) is 29.9 Å². The number of ketones is 1. The summed E-state index contributed by atoms with van der Waals surface area (Å²) < 4.78 is 12.2. The number of methoxy groups -OCH3 is 2. The predicted octanol–water partition coefficient (Wildman–Crippen LogP) is -0.152. The van der Waals surface area contributed by atoms with Gasteiger partial charge >= 0.3 is 0 Å². The zero-order valence-electron chi connectivity index (χ0n) is 15.7. The normalized spacial score (nSPS) is 10.0. The summed E-state index contributed by atoms with van der Waals surface area (Å²) in [5, 5.41) is 10.7. The zero-order valence-corrected chi connectivity index (χ0v) is 17.3. The van der Waals surface area contributed by atoms with Crippen molar-refractivity contribution in [3.05, 3.63) is 76.7 Å². The van der Waals surface area contributed by atoms with Crippen LogP contribution >= 0.6 is 0 Å². The molecule has 29 heavy (non-hydrogen) atoms. The Morgan fingerprint density at radius 3 is 2.38 bits per heavy atom. The lowest BCUT2D eigenvalue weighted by atomic mass is 10.1. The molecule has 8 nitrogen and oxygen atoms in total. The average Bonchev–Trinajstić information content (AvgIpc) is 2.73. The van der Waals surface area contributed by atoms with E-state index in [4.69, 9.17) is 9.47 Å². The van der Waals surface area contributed by atoms with E-state index < -0.39 is 4.92 Å². The maximum absolute atomic E-state index is 12.4. The number of carbonyl (C=O) groups is 1. The first kappa shape index (κ1) is 22.0. The maximum Gasteiger partial charge on any atom is 0.287 e. The molecule has 0 aliphatic rings. The van der Waals surface area contributed by atoms with E-state index in [0.717, 1.165) is 5.56 Å². The first-order chi connectivity index (χ1) is 13.5. The number of hydrogen-bond donors (Lipinski definition) is 0. The Balaban J connectivity index is 0.00000300. The number of Topliss-reactive ketones (excluding diaryl/α,β-unsaturated/α-hetero) is 1. The van der Waals surface area contributed by atoms with Crippen LogP contribution < -0.4 is 31.0 Å². The van der Waals surface area contributed by atoms with Crippen LogP contribution in [0.25, 0.3) is 11.3 Å². The summed E-state index contributed by atoms with van der Waals surface area (Å²) in [5.74, 6) is 1.14. The molecule has 1 heterocycles. The van der Waals surface area contributed by atoms with Gasteiger partial charge < -0.3 is 26.5 Å². The van der Waals surface area contributed by atoms with E-state index in [1.165, 1.54) is 24.3 Å². The van der Waals surface area contributed by atoms with Crippen molar-refractivity contribution >= 4 is 11.5 Å². The first-order valence-electron chi connectivity index (χ1n) is 8.37. The lowest BCUT2D eigenvalue weighted by Crippen LogP contribution is -3.00. The smallest absolute Gasteiger partial charge is 0.287 e. The largest absolute Gasteiger partial charge is 1.00 e. The van der Waals surface area contributed by atoms with Crippen molar-refractivity contribution < 1.29 is 40.7 Å². The summed E-state index contributed by atoms with van der Waals surface area (Å²) in [7, 11) is 3.16. The molecule has 0 radical (unpaired) electrons. The van der Waals surface area contributed by atoms with Crippen LogP contribution in [0.2, 0.25) is 0 Å². The van der Waals surface area contributed by atoms with Gasteiger partial charge in [0.2, 0.25) is 5.78 Å². The van der Waals surface area contributed by atoms with Gasteiger partial charge in [-0.15, -0.1) is 0 Å². The monoisotopic (exact) mass is 459 g/mol. The fraction of sp³-hybridized carbons (Fsp3) is 0.150. The third-order valence-electron chi connectivity index (χ3n) is 4.18. The van der Waals surface area contributed by atoms with Crippen molar-refractivity contribution in [1.29, 1.82) is 0 Å². The quantitative estimate of drug-likeness (QED) is 0.211. The first-order valence-corrected chi connectivity index (χ1v) is 8.37. The van der Waals surface area contributed by atoms with Gasteiger partial charge in [0.15, 0.2) is 12.2 Å². The van der Waals surface area contributed by atoms with Gasteiger partial charge in [0.1, 0.15) is 11.5 Å². The van der Waals surface area contributed by atoms with Gasteiger partial charge in [-0.25, -0.2) is 4.57 Å². The van der Waals surface area contributed by atoms with Crippen LogP contribution in [0.15, 0.2) is 61.1 Å². The second-order valence-corrected chi connectivity index (χ2v) is 5.91. The molecule has 0 saturated heterocycles. The Morgan fingerprint density at radius 1 is 1.10 bits per heavy atom. The number of ether oxygens (including phenoxy) is 2. The van der Waals surface area contributed by atoms with Gasteiger partial charge in [0.25, 0.3) is 12.0 Å². The molecule has 3 rings (SSSR count). The molecule has 1 aromatic heterocycles. The Labute approximate surface area is 177 Å². The molecule has 3 aromatic rings. The van der Waals surface area contributed by atoms with Crippen LogP contribution in [0.1, 0.15) is 10.4 Å². The lowest BCUT2D eigenvalue weighted by Gasteiger charge is -2.08. The topological polar surface area (TPSA) is 95.4 Å². The Hall–Kier alpha value is -3.33. The van der Waals surface area contributed by atoms with E-state index in [2.05, 4.69) is 4.98 Å². The fourth-order valence-corrected chi connectivity index (χ4v) is 2.67. The molecule has 0 atom stereocenters. The van der Waals surface area contributed by atoms with Gasteiger partial charge in [-0.05, 0) is 29.2 Å². The summed E-state index contributed by atoms with van der Waals surface area (Å²) in [4.78, 5) is 27.0. The molecule has 0 spiro atoms. The van der Waals surface area contributed by atoms with Crippen molar-refractivity contribution in [2.75, 3.05) is 14.2 Å². The molecular weight excluding hydrogens is 442 g/mol. The van der Waals surface area contributed by atoms with Gasteiger partial charge in [-0.1, -0.05) is 0 Å². The van der Waals surface area contributed by atoms with Gasteiger partial charge in [0.05, 0.1) is 30.9 Å². The van der Waals surface area contributed by atoms with E-state index in [1.54, 1.807) is 43.4 Å². The van der Waals surface area contributed by atoms with Crippen LogP contribution in [0, 0.1) is 10.1 Å². The summed E-state index contributed by atoms with van der Waals surface area (Å²) in [5.41, 5.74) is 1.85. The van der Waals surface area contributed by atoms with E-state index in [0.29, 0.717) is 22.8 Å². The molecule has 9 heteroatoms. The summed E-state index contributed by atoms with van der Waals surface area (Å²) >= 11 is 0. The number of rotatable bonds is 7. The minimum absolute atomic E-state index is 0. The van der Waals surface area contributed by atoms with Crippen molar-refractivity contribution in [3.63, 3.8) is 0 Å². The number of nitrogens with zero attached hydrogens (tertiary/aromatic N) is 3. The minimum atomic E-state index is -0.501. The van der Waals surface area contributed by atoms with Crippen LogP contribution in [0.5, 0.6) is 11.5 Å². The van der Waals surface area contributed by atoms with Gasteiger partial charge in [-0.2, -0.15) is 0 Å². The maximum atomic E-state index is 12.4. The van der Waals surface area contributed by atoms with Crippen molar-refractivity contribution in [2.24, 2.45) is 0 Å². The number of halogens is 1. The molecule has 0 unspecified atom stereocenters. The molecule has 0 amide bonds. The van der Waals surface area contributed by atoms with Crippen molar-refractivity contribution in [3.8, 4) is 22.8 Å². The molecule has 0 bridgehead atoms.